The number of hydrogen-bond acceptors (Lipinski definition) is 3. The van der Waals surface area contributed by atoms with Crippen molar-refractivity contribution in [2.75, 3.05) is 5.32 Å². The average Bonchev–Trinajstić information content (AvgIpc) is 2.69. The molecule has 1 aromatic heterocycles. The van der Waals surface area contributed by atoms with Crippen molar-refractivity contribution in [2.24, 2.45) is 0 Å². The summed E-state index contributed by atoms with van der Waals surface area (Å²) in [4.78, 5) is 8.61. The van der Waals surface area contributed by atoms with Gasteiger partial charge in [0.25, 0.3) is 0 Å². The van der Waals surface area contributed by atoms with Gasteiger partial charge >= 0.3 is 0 Å². The Labute approximate surface area is 91.3 Å². The Morgan fingerprint density at radius 3 is 2.67 bits per heavy atom. The number of hydrogen-bond donors (Lipinski definition) is 1. The van der Waals surface area contributed by atoms with E-state index in [0.29, 0.717) is 12.0 Å². The SMILES string of the molecule is CC(C)Nc1cc(C2CCCC2)ncn1. The fraction of sp³-hybridized carbons (Fsp3) is 0.667. The van der Waals surface area contributed by atoms with Gasteiger partial charge in [0.15, 0.2) is 0 Å². The summed E-state index contributed by atoms with van der Waals surface area (Å²) < 4.78 is 0. The summed E-state index contributed by atoms with van der Waals surface area (Å²) in [6.07, 6.45) is 6.96. The molecule has 1 aliphatic rings. The Hall–Kier alpha value is -1.12. The Morgan fingerprint density at radius 2 is 2.00 bits per heavy atom. The molecule has 1 aromatic rings. The second-order valence-corrected chi connectivity index (χ2v) is 4.61. The van der Waals surface area contributed by atoms with Gasteiger partial charge in [0.2, 0.25) is 0 Å². The largest absolute Gasteiger partial charge is 0.368 e. The molecule has 0 spiro atoms. The minimum atomic E-state index is 0.427. The van der Waals surface area contributed by atoms with E-state index in [4.69, 9.17) is 0 Å². The summed E-state index contributed by atoms with van der Waals surface area (Å²) in [5.41, 5.74) is 1.21. The highest BCUT2D eigenvalue weighted by atomic mass is 15.0. The second kappa shape index (κ2) is 4.60. The standard InChI is InChI=1S/C12H19N3/c1-9(2)15-12-7-11(13-8-14-12)10-5-3-4-6-10/h7-10H,3-6H2,1-2H3,(H,13,14,15). The quantitative estimate of drug-likeness (QED) is 0.824. The Morgan fingerprint density at radius 1 is 1.27 bits per heavy atom. The molecule has 1 heterocycles. The third-order valence-electron chi connectivity index (χ3n) is 2.90. The van der Waals surface area contributed by atoms with Crippen LogP contribution in [0.1, 0.15) is 51.1 Å². The highest BCUT2D eigenvalue weighted by molar-refractivity contribution is 5.36. The lowest BCUT2D eigenvalue weighted by molar-refractivity contribution is 0.693. The Bertz CT molecular complexity index is 316. The normalized spacial score (nSPS) is 17.3. The van der Waals surface area contributed by atoms with E-state index in [-0.39, 0.29) is 0 Å². The Balaban J connectivity index is 2.11. The third kappa shape index (κ3) is 2.67. The predicted octanol–water partition coefficient (Wildman–Crippen LogP) is 2.95. The van der Waals surface area contributed by atoms with Crippen LogP contribution in [0.25, 0.3) is 0 Å². The van der Waals surface area contributed by atoms with Crippen LogP contribution in [0.2, 0.25) is 0 Å². The van der Waals surface area contributed by atoms with Gasteiger partial charge < -0.3 is 5.32 Å². The first-order valence-electron chi connectivity index (χ1n) is 5.84. The van der Waals surface area contributed by atoms with Gasteiger partial charge in [-0.1, -0.05) is 12.8 Å². The number of aromatic nitrogens is 2. The summed E-state index contributed by atoms with van der Waals surface area (Å²) in [6.45, 7) is 4.24. The van der Waals surface area contributed by atoms with Crippen LogP contribution >= 0.6 is 0 Å². The van der Waals surface area contributed by atoms with Gasteiger partial charge in [-0.05, 0) is 26.7 Å². The number of anilines is 1. The van der Waals surface area contributed by atoms with E-state index in [0.717, 1.165) is 5.82 Å². The van der Waals surface area contributed by atoms with Crippen LogP contribution < -0.4 is 5.32 Å². The first-order chi connectivity index (χ1) is 7.25. The molecule has 0 bridgehead atoms. The van der Waals surface area contributed by atoms with Gasteiger partial charge in [-0.15, -0.1) is 0 Å². The zero-order valence-electron chi connectivity index (χ0n) is 9.53. The molecule has 0 unspecified atom stereocenters. The molecule has 1 aliphatic carbocycles. The predicted molar refractivity (Wildman–Crippen MR) is 62.0 cm³/mol. The first-order valence-corrected chi connectivity index (χ1v) is 5.84. The van der Waals surface area contributed by atoms with Crippen LogP contribution in [0.5, 0.6) is 0 Å². The lowest BCUT2D eigenvalue weighted by Gasteiger charge is -2.12. The summed E-state index contributed by atoms with van der Waals surface area (Å²) in [6, 6.07) is 2.53. The molecule has 0 saturated heterocycles. The fourth-order valence-electron chi connectivity index (χ4n) is 2.19. The maximum absolute atomic E-state index is 4.38. The van der Waals surface area contributed by atoms with Crippen molar-refractivity contribution in [1.29, 1.82) is 0 Å². The molecular weight excluding hydrogens is 186 g/mol. The lowest BCUT2D eigenvalue weighted by Crippen LogP contribution is -2.12. The van der Waals surface area contributed by atoms with Crippen molar-refractivity contribution in [3.8, 4) is 0 Å². The second-order valence-electron chi connectivity index (χ2n) is 4.61. The summed E-state index contributed by atoms with van der Waals surface area (Å²) >= 11 is 0. The first kappa shape index (κ1) is 10.4. The maximum Gasteiger partial charge on any atom is 0.129 e. The number of nitrogens with one attached hydrogen (secondary N) is 1. The summed E-state index contributed by atoms with van der Waals surface area (Å²) in [7, 11) is 0. The van der Waals surface area contributed by atoms with Crippen LogP contribution in [-0.2, 0) is 0 Å². The number of rotatable bonds is 3. The van der Waals surface area contributed by atoms with Crippen LogP contribution in [0.4, 0.5) is 5.82 Å². The molecular formula is C12H19N3. The van der Waals surface area contributed by atoms with E-state index in [1.54, 1.807) is 6.33 Å². The topological polar surface area (TPSA) is 37.8 Å². The molecule has 3 heteroatoms. The van der Waals surface area contributed by atoms with Gasteiger partial charge in [0.05, 0.1) is 0 Å². The lowest BCUT2D eigenvalue weighted by atomic mass is 10.0. The molecule has 0 aromatic carbocycles. The molecule has 0 aliphatic heterocycles. The van der Waals surface area contributed by atoms with Crippen LogP contribution in [0, 0.1) is 0 Å². The number of nitrogens with zero attached hydrogens (tertiary/aromatic N) is 2. The van der Waals surface area contributed by atoms with E-state index in [1.807, 2.05) is 0 Å². The minimum absolute atomic E-state index is 0.427. The Kier molecular flexibility index (Phi) is 3.19. The van der Waals surface area contributed by atoms with Crippen molar-refractivity contribution in [2.45, 2.75) is 51.5 Å². The van der Waals surface area contributed by atoms with E-state index >= 15 is 0 Å². The highest BCUT2D eigenvalue weighted by Crippen LogP contribution is 2.33. The maximum atomic E-state index is 4.38. The molecule has 2 rings (SSSR count). The molecule has 3 nitrogen and oxygen atoms in total. The van der Waals surface area contributed by atoms with Crippen LogP contribution in [-0.4, -0.2) is 16.0 Å². The zero-order valence-corrected chi connectivity index (χ0v) is 9.53. The molecule has 1 saturated carbocycles. The van der Waals surface area contributed by atoms with Gasteiger partial charge in [-0.3, -0.25) is 0 Å². The van der Waals surface area contributed by atoms with Gasteiger partial charge in [0.1, 0.15) is 12.1 Å². The zero-order chi connectivity index (χ0) is 10.7. The molecule has 82 valence electrons. The molecule has 0 radical (unpaired) electrons. The van der Waals surface area contributed by atoms with E-state index in [1.165, 1.54) is 31.4 Å². The van der Waals surface area contributed by atoms with Gasteiger partial charge in [-0.25, -0.2) is 9.97 Å². The molecule has 15 heavy (non-hydrogen) atoms. The highest BCUT2D eigenvalue weighted by Gasteiger charge is 2.18. The van der Waals surface area contributed by atoms with Crippen molar-refractivity contribution in [3.63, 3.8) is 0 Å². The van der Waals surface area contributed by atoms with Crippen molar-refractivity contribution in [1.82, 2.24) is 9.97 Å². The average molecular weight is 205 g/mol. The monoisotopic (exact) mass is 205 g/mol. The third-order valence-corrected chi connectivity index (χ3v) is 2.90. The van der Waals surface area contributed by atoms with E-state index in [2.05, 4.69) is 35.2 Å². The smallest absolute Gasteiger partial charge is 0.129 e. The van der Waals surface area contributed by atoms with Crippen LogP contribution in [0.15, 0.2) is 12.4 Å². The molecule has 1 fully saturated rings. The molecule has 0 atom stereocenters. The summed E-state index contributed by atoms with van der Waals surface area (Å²) in [5.74, 6) is 1.63. The van der Waals surface area contributed by atoms with Crippen LogP contribution in [0.3, 0.4) is 0 Å². The molecule has 1 N–H and O–H groups in total. The van der Waals surface area contributed by atoms with Crippen molar-refractivity contribution in [3.05, 3.63) is 18.1 Å². The molecule has 0 amide bonds. The van der Waals surface area contributed by atoms with Gasteiger partial charge in [-0.2, -0.15) is 0 Å². The minimum Gasteiger partial charge on any atom is -0.368 e. The van der Waals surface area contributed by atoms with E-state index in [9.17, 15) is 0 Å². The van der Waals surface area contributed by atoms with Crippen molar-refractivity contribution < 1.29 is 0 Å². The van der Waals surface area contributed by atoms with Crippen molar-refractivity contribution >= 4 is 5.82 Å². The summed E-state index contributed by atoms with van der Waals surface area (Å²) in [5, 5.41) is 3.32. The van der Waals surface area contributed by atoms with E-state index < -0.39 is 0 Å². The van der Waals surface area contributed by atoms with Gasteiger partial charge in [0, 0.05) is 23.7 Å². The fourth-order valence-corrected chi connectivity index (χ4v) is 2.19.